The Kier molecular flexibility index (Phi) is 5.40. The van der Waals surface area contributed by atoms with Gasteiger partial charge < -0.3 is 0 Å². The van der Waals surface area contributed by atoms with Gasteiger partial charge in [0.25, 0.3) is 0 Å². The lowest BCUT2D eigenvalue weighted by molar-refractivity contribution is -0.123. The molecule has 0 saturated carbocycles. The van der Waals surface area contributed by atoms with Gasteiger partial charge in [0.15, 0.2) is 0 Å². The van der Waals surface area contributed by atoms with Crippen LogP contribution in [0.5, 0.6) is 0 Å². The first kappa shape index (κ1) is 13.7. The number of rotatable bonds is 5. The molecule has 5 nitrogen and oxygen atoms in total. The van der Waals surface area contributed by atoms with E-state index in [0.29, 0.717) is 12.8 Å². The second-order valence-corrected chi connectivity index (χ2v) is 4.96. The molecule has 0 heterocycles. The van der Waals surface area contributed by atoms with E-state index in [0.717, 1.165) is 0 Å². The van der Waals surface area contributed by atoms with Gasteiger partial charge in [-0.2, -0.15) is 8.42 Å². The SMILES string of the molecule is CCC(CC(C)Cl)C(=O)NS(=O)(=O)O. The van der Waals surface area contributed by atoms with Gasteiger partial charge in [-0.3, -0.25) is 9.35 Å². The zero-order valence-electron chi connectivity index (χ0n) is 8.03. The summed E-state index contributed by atoms with van der Waals surface area (Å²) in [5.41, 5.74) is 0. The van der Waals surface area contributed by atoms with Gasteiger partial charge in [0.2, 0.25) is 5.91 Å². The molecule has 0 aromatic carbocycles. The first-order valence-electron chi connectivity index (χ1n) is 4.19. The molecule has 0 aromatic heterocycles. The quantitative estimate of drug-likeness (QED) is 0.556. The number of hydrogen-bond acceptors (Lipinski definition) is 3. The van der Waals surface area contributed by atoms with Gasteiger partial charge in [-0.15, -0.1) is 11.6 Å². The minimum absolute atomic E-state index is 0.216. The molecule has 2 atom stereocenters. The molecule has 84 valence electrons. The fourth-order valence-corrected chi connectivity index (χ4v) is 1.70. The molecule has 0 spiro atoms. The highest BCUT2D eigenvalue weighted by atomic mass is 35.5. The first-order chi connectivity index (χ1) is 6.26. The van der Waals surface area contributed by atoms with E-state index in [1.807, 2.05) is 0 Å². The lowest BCUT2D eigenvalue weighted by Crippen LogP contribution is -2.35. The Morgan fingerprint density at radius 3 is 2.36 bits per heavy atom. The van der Waals surface area contributed by atoms with Crippen LogP contribution in [-0.2, 0) is 15.1 Å². The Morgan fingerprint density at radius 1 is 1.57 bits per heavy atom. The molecule has 0 saturated heterocycles. The Labute approximate surface area is 88.7 Å². The maximum absolute atomic E-state index is 11.2. The van der Waals surface area contributed by atoms with Crippen molar-refractivity contribution >= 4 is 27.8 Å². The van der Waals surface area contributed by atoms with Crippen molar-refractivity contribution in [2.75, 3.05) is 0 Å². The van der Waals surface area contributed by atoms with E-state index in [1.54, 1.807) is 13.8 Å². The third kappa shape index (κ3) is 6.17. The number of carbonyl (C=O) groups is 1. The largest absolute Gasteiger partial charge is 0.359 e. The van der Waals surface area contributed by atoms with Crippen LogP contribution in [0.25, 0.3) is 0 Å². The number of alkyl halides is 1. The minimum Gasteiger partial charge on any atom is -0.274 e. The van der Waals surface area contributed by atoms with Crippen LogP contribution in [0.15, 0.2) is 0 Å². The summed E-state index contributed by atoms with van der Waals surface area (Å²) in [5, 5.41) is -0.216. The van der Waals surface area contributed by atoms with Crippen molar-refractivity contribution in [1.82, 2.24) is 4.72 Å². The van der Waals surface area contributed by atoms with Crippen LogP contribution >= 0.6 is 11.6 Å². The average molecular weight is 244 g/mol. The molecule has 0 bridgehead atoms. The van der Waals surface area contributed by atoms with Gasteiger partial charge in [-0.05, 0) is 19.8 Å². The van der Waals surface area contributed by atoms with E-state index in [4.69, 9.17) is 16.2 Å². The van der Waals surface area contributed by atoms with Crippen molar-refractivity contribution in [3.63, 3.8) is 0 Å². The first-order valence-corrected chi connectivity index (χ1v) is 6.07. The van der Waals surface area contributed by atoms with Crippen molar-refractivity contribution in [2.45, 2.75) is 32.1 Å². The third-order valence-electron chi connectivity index (χ3n) is 1.70. The van der Waals surface area contributed by atoms with Gasteiger partial charge in [0, 0.05) is 11.3 Å². The normalized spacial score (nSPS) is 16.0. The molecule has 0 aliphatic heterocycles. The van der Waals surface area contributed by atoms with E-state index >= 15 is 0 Å². The summed E-state index contributed by atoms with van der Waals surface area (Å²) in [6.07, 6.45) is 0.845. The summed E-state index contributed by atoms with van der Waals surface area (Å²) in [7, 11) is -4.46. The van der Waals surface area contributed by atoms with E-state index in [1.165, 1.54) is 4.72 Å². The van der Waals surface area contributed by atoms with Crippen LogP contribution in [-0.4, -0.2) is 24.3 Å². The summed E-state index contributed by atoms with van der Waals surface area (Å²) in [6.45, 7) is 3.46. The molecule has 1 amide bonds. The molecule has 0 aliphatic rings. The predicted molar refractivity (Wildman–Crippen MR) is 53.4 cm³/mol. The summed E-state index contributed by atoms with van der Waals surface area (Å²) in [4.78, 5) is 11.2. The minimum atomic E-state index is -4.46. The van der Waals surface area contributed by atoms with E-state index in [2.05, 4.69) is 0 Å². The molecule has 7 heteroatoms. The standard InChI is InChI=1S/C7H14ClNO4S/c1-3-6(4-5(2)8)7(10)9-14(11,12)13/h5-6H,3-4H2,1-2H3,(H,9,10)(H,11,12,13). The van der Waals surface area contributed by atoms with Crippen molar-refractivity contribution in [3.05, 3.63) is 0 Å². The van der Waals surface area contributed by atoms with Crippen LogP contribution < -0.4 is 4.72 Å². The van der Waals surface area contributed by atoms with Crippen molar-refractivity contribution in [2.24, 2.45) is 5.92 Å². The predicted octanol–water partition coefficient (Wildman–Crippen LogP) is 0.949. The van der Waals surface area contributed by atoms with E-state index < -0.39 is 22.1 Å². The van der Waals surface area contributed by atoms with Crippen LogP contribution in [0.1, 0.15) is 26.7 Å². The van der Waals surface area contributed by atoms with Crippen molar-refractivity contribution < 1.29 is 17.8 Å². The van der Waals surface area contributed by atoms with E-state index in [9.17, 15) is 13.2 Å². The van der Waals surface area contributed by atoms with Gasteiger partial charge in [0.05, 0.1) is 0 Å². The Hall–Kier alpha value is -0.330. The number of halogens is 1. The van der Waals surface area contributed by atoms with Gasteiger partial charge >= 0.3 is 10.3 Å². The third-order valence-corrected chi connectivity index (χ3v) is 2.34. The number of nitrogens with one attached hydrogen (secondary N) is 1. The molecule has 0 aliphatic carbocycles. The molecular formula is C7H14ClNO4S. The Bertz CT molecular complexity index is 288. The van der Waals surface area contributed by atoms with Gasteiger partial charge in [-0.1, -0.05) is 6.92 Å². The monoisotopic (exact) mass is 243 g/mol. The Morgan fingerprint density at radius 2 is 2.07 bits per heavy atom. The molecule has 0 aromatic rings. The van der Waals surface area contributed by atoms with Gasteiger partial charge in [0.1, 0.15) is 0 Å². The van der Waals surface area contributed by atoms with Crippen LogP contribution in [0.4, 0.5) is 0 Å². The maximum atomic E-state index is 11.2. The molecule has 0 radical (unpaired) electrons. The zero-order chi connectivity index (χ0) is 11.4. The number of carbonyl (C=O) groups excluding carboxylic acids is 1. The van der Waals surface area contributed by atoms with Crippen molar-refractivity contribution in [3.8, 4) is 0 Å². The summed E-state index contributed by atoms with van der Waals surface area (Å²) in [6, 6.07) is 0. The molecule has 2 unspecified atom stereocenters. The highest BCUT2D eigenvalue weighted by molar-refractivity contribution is 7.84. The van der Waals surface area contributed by atoms with Crippen molar-refractivity contribution in [1.29, 1.82) is 0 Å². The molecule has 14 heavy (non-hydrogen) atoms. The number of amides is 1. The maximum Gasteiger partial charge on any atom is 0.359 e. The second-order valence-electron chi connectivity index (χ2n) is 3.06. The molecular weight excluding hydrogens is 230 g/mol. The van der Waals surface area contributed by atoms with Crippen LogP contribution in [0.2, 0.25) is 0 Å². The van der Waals surface area contributed by atoms with Crippen LogP contribution in [0.3, 0.4) is 0 Å². The molecule has 0 fully saturated rings. The smallest absolute Gasteiger partial charge is 0.274 e. The summed E-state index contributed by atoms with van der Waals surface area (Å²) in [5.74, 6) is -1.22. The molecule has 0 rings (SSSR count). The summed E-state index contributed by atoms with van der Waals surface area (Å²) >= 11 is 5.67. The average Bonchev–Trinajstić information content (AvgIpc) is 1.96. The fraction of sp³-hybridized carbons (Fsp3) is 0.857. The molecule has 2 N–H and O–H groups in total. The number of hydrogen-bond donors (Lipinski definition) is 2. The van der Waals surface area contributed by atoms with Gasteiger partial charge in [-0.25, -0.2) is 4.72 Å². The summed E-state index contributed by atoms with van der Waals surface area (Å²) < 4.78 is 30.6. The topological polar surface area (TPSA) is 83.5 Å². The second kappa shape index (κ2) is 5.53. The van der Waals surface area contributed by atoms with E-state index in [-0.39, 0.29) is 5.38 Å². The lowest BCUT2D eigenvalue weighted by Gasteiger charge is -2.14. The van der Waals surface area contributed by atoms with Crippen LogP contribution in [0, 0.1) is 5.92 Å². The highest BCUT2D eigenvalue weighted by Gasteiger charge is 2.21. The Balaban J connectivity index is 4.33. The highest BCUT2D eigenvalue weighted by Crippen LogP contribution is 2.14. The lowest BCUT2D eigenvalue weighted by atomic mass is 10.0. The zero-order valence-corrected chi connectivity index (χ0v) is 9.60. The fourth-order valence-electron chi connectivity index (χ4n) is 1.06.